The molecule has 0 atom stereocenters. The van der Waals surface area contributed by atoms with Gasteiger partial charge in [-0.05, 0) is 16.8 Å². The van der Waals surface area contributed by atoms with E-state index >= 15 is 0 Å². The van der Waals surface area contributed by atoms with Crippen LogP contribution in [0.3, 0.4) is 0 Å². The van der Waals surface area contributed by atoms with Crippen molar-refractivity contribution in [3.63, 3.8) is 0 Å². The Balaban J connectivity index is 2.34. The predicted molar refractivity (Wildman–Crippen MR) is 66.5 cm³/mol. The highest BCUT2D eigenvalue weighted by Crippen LogP contribution is 2.14. The molecule has 0 aliphatic rings. The van der Waals surface area contributed by atoms with Gasteiger partial charge in [-0.2, -0.15) is 0 Å². The fraction of sp³-hybridized carbons (Fsp3) is 0.700. The lowest BCUT2D eigenvalue weighted by Crippen LogP contribution is -2.27. The molecule has 0 unspecified atom stereocenters. The smallest absolute Gasteiger partial charge is 0.209 e. The van der Waals surface area contributed by atoms with E-state index in [0.29, 0.717) is 6.04 Å². The first kappa shape index (κ1) is 13.2. The zero-order chi connectivity index (χ0) is 11.8. The van der Waals surface area contributed by atoms with E-state index in [4.69, 9.17) is 0 Å². The molecule has 0 aromatic carbocycles. The molecular weight excluding hydrogens is 222 g/mol. The highest BCUT2D eigenvalue weighted by atomic mass is 32.2. The standard InChI is InChI=1S/C10H19N5S/c1-4-5-8-16-10-12-13-14-15(10)7-6-11-9(2)3/h4,9,11H,1,5-8H2,2-3H3. The van der Waals surface area contributed by atoms with Gasteiger partial charge in [0.25, 0.3) is 0 Å². The van der Waals surface area contributed by atoms with E-state index in [1.54, 1.807) is 11.8 Å². The number of thioether (sulfide) groups is 1. The van der Waals surface area contributed by atoms with Gasteiger partial charge in [-0.25, -0.2) is 4.68 Å². The Morgan fingerprint density at radius 3 is 3.06 bits per heavy atom. The first-order valence-corrected chi connectivity index (χ1v) is 6.46. The van der Waals surface area contributed by atoms with E-state index in [9.17, 15) is 0 Å². The van der Waals surface area contributed by atoms with E-state index in [2.05, 4.69) is 41.3 Å². The normalized spacial score (nSPS) is 10.9. The number of aromatic nitrogens is 4. The Labute approximate surface area is 101 Å². The summed E-state index contributed by atoms with van der Waals surface area (Å²) in [5.41, 5.74) is 0. The topological polar surface area (TPSA) is 55.6 Å². The maximum Gasteiger partial charge on any atom is 0.209 e. The molecule has 0 saturated carbocycles. The fourth-order valence-corrected chi connectivity index (χ4v) is 1.97. The minimum absolute atomic E-state index is 0.494. The van der Waals surface area contributed by atoms with Gasteiger partial charge in [0.2, 0.25) is 5.16 Å². The molecule has 5 nitrogen and oxygen atoms in total. The number of hydrogen-bond donors (Lipinski definition) is 1. The molecule has 16 heavy (non-hydrogen) atoms. The minimum atomic E-state index is 0.494. The van der Waals surface area contributed by atoms with Crippen LogP contribution in [-0.4, -0.2) is 38.5 Å². The quantitative estimate of drug-likeness (QED) is 0.423. The van der Waals surface area contributed by atoms with Crippen LogP contribution in [-0.2, 0) is 6.54 Å². The number of tetrazole rings is 1. The molecule has 6 heteroatoms. The Hall–Kier alpha value is -0.880. The molecule has 0 bridgehead atoms. The van der Waals surface area contributed by atoms with E-state index in [1.807, 2.05) is 10.8 Å². The number of allylic oxidation sites excluding steroid dienone is 1. The molecule has 0 fully saturated rings. The van der Waals surface area contributed by atoms with Crippen LogP contribution in [0.5, 0.6) is 0 Å². The first-order valence-electron chi connectivity index (χ1n) is 5.47. The number of rotatable bonds is 8. The lowest BCUT2D eigenvalue weighted by atomic mass is 10.4. The van der Waals surface area contributed by atoms with Crippen molar-refractivity contribution in [2.75, 3.05) is 12.3 Å². The fourth-order valence-electron chi connectivity index (χ4n) is 1.13. The van der Waals surface area contributed by atoms with Crippen LogP contribution in [0, 0.1) is 0 Å². The van der Waals surface area contributed by atoms with Gasteiger partial charge in [0.1, 0.15) is 0 Å². The van der Waals surface area contributed by atoms with Crippen molar-refractivity contribution in [2.45, 2.75) is 38.0 Å². The Bertz CT molecular complexity index is 310. The van der Waals surface area contributed by atoms with Gasteiger partial charge >= 0.3 is 0 Å². The van der Waals surface area contributed by atoms with Gasteiger partial charge in [0.15, 0.2) is 0 Å². The third kappa shape index (κ3) is 4.76. The van der Waals surface area contributed by atoms with Gasteiger partial charge in [-0.3, -0.25) is 0 Å². The van der Waals surface area contributed by atoms with Gasteiger partial charge in [0.05, 0.1) is 6.54 Å². The van der Waals surface area contributed by atoms with Crippen molar-refractivity contribution in [3.8, 4) is 0 Å². The molecule has 90 valence electrons. The second-order valence-corrected chi connectivity index (χ2v) is 4.78. The van der Waals surface area contributed by atoms with Crippen LogP contribution in [0.25, 0.3) is 0 Å². The summed E-state index contributed by atoms with van der Waals surface area (Å²) < 4.78 is 1.84. The van der Waals surface area contributed by atoms with Crippen LogP contribution in [0.15, 0.2) is 17.8 Å². The lowest BCUT2D eigenvalue weighted by Gasteiger charge is -2.08. The second-order valence-electron chi connectivity index (χ2n) is 3.72. The van der Waals surface area contributed by atoms with Gasteiger partial charge in [-0.15, -0.1) is 11.7 Å². The highest BCUT2D eigenvalue weighted by Gasteiger charge is 2.05. The Morgan fingerprint density at radius 1 is 1.56 bits per heavy atom. The summed E-state index contributed by atoms with van der Waals surface area (Å²) in [7, 11) is 0. The zero-order valence-corrected chi connectivity index (χ0v) is 10.7. The van der Waals surface area contributed by atoms with Gasteiger partial charge < -0.3 is 5.32 Å². The van der Waals surface area contributed by atoms with Crippen molar-refractivity contribution in [1.29, 1.82) is 0 Å². The molecule has 1 rings (SSSR count). The first-order chi connectivity index (χ1) is 7.74. The van der Waals surface area contributed by atoms with Crippen LogP contribution in [0.4, 0.5) is 0 Å². The molecule has 1 N–H and O–H groups in total. The summed E-state index contributed by atoms with van der Waals surface area (Å²) in [5, 5.41) is 15.9. The molecular formula is C10H19N5S. The molecule has 1 heterocycles. The van der Waals surface area contributed by atoms with E-state index in [0.717, 1.165) is 30.4 Å². The summed E-state index contributed by atoms with van der Waals surface area (Å²) >= 11 is 1.66. The molecule has 0 aliphatic heterocycles. The van der Waals surface area contributed by atoms with Crippen molar-refractivity contribution >= 4 is 11.8 Å². The number of nitrogens with zero attached hydrogens (tertiary/aromatic N) is 4. The van der Waals surface area contributed by atoms with Crippen LogP contribution >= 0.6 is 11.8 Å². The third-order valence-electron chi connectivity index (χ3n) is 1.93. The average Bonchev–Trinajstić information content (AvgIpc) is 2.66. The largest absolute Gasteiger partial charge is 0.313 e. The summed E-state index contributed by atoms with van der Waals surface area (Å²) in [4.78, 5) is 0. The minimum Gasteiger partial charge on any atom is -0.313 e. The van der Waals surface area contributed by atoms with Gasteiger partial charge in [-0.1, -0.05) is 31.7 Å². The van der Waals surface area contributed by atoms with E-state index in [-0.39, 0.29) is 0 Å². The van der Waals surface area contributed by atoms with Crippen molar-refractivity contribution in [1.82, 2.24) is 25.5 Å². The monoisotopic (exact) mass is 241 g/mol. The maximum atomic E-state index is 3.99. The highest BCUT2D eigenvalue weighted by molar-refractivity contribution is 7.99. The summed E-state index contributed by atoms with van der Waals surface area (Å²) in [5.74, 6) is 0.974. The summed E-state index contributed by atoms with van der Waals surface area (Å²) in [6.07, 6.45) is 2.88. The van der Waals surface area contributed by atoms with Gasteiger partial charge in [0, 0.05) is 18.3 Å². The second kappa shape index (κ2) is 7.40. The van der Waals surface area contributed by atoms with Crippen LogP contribution in [0.2, 0.25) is 0 Å². The molecule has 0 radical (unpaired) electrons. The maximum absolute atomic E-state index is 3.99. The summed E-state index contributed by atoms with van der Waals surface area (Å²) in [6.45, 7) is 9.63. The molecule has 1 aromatic heterocycles. The Kier molecular flexibility index (Phi) is 6.10. The van der Waals surface area contributed by atoms with E-state index < -0.39 is 0 Å². The number of hydrogen-bond acceptors (Lipinski definition) is 5. The van der Waals surface area contributed by atoms with Crippen molar-refractivity contribution < 1.29 is 0 Å². The predicted octanol–water partition coefficient (Wildman–Crippen LogP) is 1.34. The third-order valence-corrected chi connectivity index (χ3v) is 2.92. The van der Waals surface area contributed by atoms with E-state index in [1.165, 1.54) is 0 Å². The lowest BCUT2D eigenvalue weighted by molar-refractivity contribution is 0.485. The molecule has 0 spiro atoms. The summed E-state index contributed by atoms with van der Waals surface area (Å²) in [6, 6.07) is 0.494. The van der Waals surface area contributed by atoms with Crippen molar-refractivity contribution in [3.05, 3.63) is 12.7 Å². The molecule has 0 amide bonds. The Morgan fingerprint density at radius 2 is 2.38 bits per heavy atom. The van der Waals surface area contributed by atoms with Crippen LogP contribution in [0.1, 0.15) is 20.3 Å². The molecule has 0 aliphatic carbocycles. The van der Waals surface area contributed by atoms with Crippen LogP contribution < -0.4 is 5.32 Å². The zero-order valence-electron chi connectivity index (χ0n) is 9.89. The SMILES string of the molecule is C=CCCSc1nnnn1CCNC(C)C. The van der Waals surface area contributed by atoms with Crippen molar-refractivity contribution in [2.24, 2.45) is 0 Å². The average molecular weight is 241 g/mol. The molecule has 1 aromatic rings. The number of nitrogens with one attached hydrogen (secondary N) is 1. The molecule has 0 saturated heterocycles.